The zero-order chi connectivity index (χ0) is 18.1. The molecule has 1 aliphatic rings. The van der Waals surface area contributed by atoms with Crippen molar-refractivity contribution in [3.05, 3.63) is 38.4 Å². The van der Waals surface area contributed by atoms with Crippen LogP contribution < -0.4 is 5.32 Å². The van der Waals surface area contributed by atoms with Gasteiger partial charge in [0, 0.05) is 12.6 Å². The van der Waals surface area contributed by atoms with Gasteiger partial charge in [-0.25, -0.2) is 0 Å². The van der Waals surface area contributed by atoms with Gasteiger partial charge >= 0.3 is 6.18 Å². The molecule has 1 N–H and O–H groups in total. The molecule has 24 heavy (non-hydrogen) atoms. The summed E-state index contributed by atoms with van der Waals surface area (Å²) in [5.41, 5.74) is -1.31. The topological polar surface area (TPSA) is 119 Å². The number of nitro groups is 2. The van der Waals surface area contributed by atoms with E-state index in [4.69, 9.17) is 0 Å². The summed E-state index contributed by atoms with van der Waals surface area (Å²) in [6.07, 6.45) is -4.51. The van der Waals surface area contributed by atoms with Crippen LogP contribution in [0, 0.1) is 20.2 Å². The fourth-order valence-electron chi connectivity index (χ4n) is 2.34. The van der Waals surface area contributed by atoms with Crippen LogP contribution in [-0.4, -0.2) is 46.0 Å². The molecule has 1 unspecified atom stereocenters. The maximum Gasteiger partial charge on any atom is 0.406 e. The first-order valence-corrected chi connectivity index (χ1v) is 6.63. The molecule has 0 bridgehead atoms. The molecule has 1 atom stereocenters. The Balaban J connectivity index is 2.18. The minimum atomic E-state index is -4.54. The summed E-state index contributed by atoms with van der Waals surface area (Å²) in [5, 5.41) is 24.2. The summed E-state index contributed by atoms with van der Waals surface area (Å²) in [4.78, 5) is 32.5. The van der Waals surface area contributed by atoms with E-state index in [1.165, 1.54) is 0 Å². The molecule has 1 aliphatic heterocycles. The van der Waals surface area contributed by atoms with Crippen LogP contribution in [-0.2, 0) is 4.79 Å². The van der Waals surface area contributed by atoms with Gasteiger partial charge in [0.15, 0.2) is 0 Å². The Morgan fingerprint density at radius 1 is 1.25 bits per heavy atom. The van der Waals surface area contributed by atoms with E-state index in [-0.39, 0.29) is 18.7 Å². The number of carbonyl (C=O) groups is 1. The summed E-state index contributed by atoms with van der Waals surface area (Å²) >= 11 is 0. The number of nitrogens with zero attached hydrogens (tertiary/aromatic N) is 3. The number of halogens is 3. The van der Waals surface area contributed by atoms with Gasteiger partial charge in [-0.1, -0.05) is 0 Å². The Bertz CT molecular complexity index is 694. The third-order valence-electron chi connectivity index (χ3n) is 3.39. The molecule has 1 saturated heterocycles. The van der Waals surface area contributed by atoms with Crippen LogP contribution in [0.2, 0.25) is 0 Å². The monoisotopic (exact) mass is 348 g/mol. The van der Waals surface area contributed by atoms with Crippen molar-refractivity contribution >= 4 is 23.0 Å². The molecule has 1 fully saturated rings. The number of amides is 1. The average Bonchev–Trinajstić information content (AvgIpc) is 2.78. The highest BCUT2D eigenvalue weighted by atomic mass is 19.4. The quantitative estimate of drug-likeness (QED) is 0.643. The molecule has 0 radical (unpaired) electrons. The van der Waals surface area contributed by atoms with Crippen molar-refractivity contribution in [3.63, 3.8) is 0 Å². The minimum absolute atomic E-state index is 0.0308. The van der Waals surface area contributed by atoms with Crippen molar-refractivity contribution in [3.8, 4) is 0 Å². The largest absolute Gasteiger partial charge is 0.406 e. The molecule has 0 spiro atoms. The molecule has 12 heteroatoms. The summed E-state index contributed by atoms with van der Waals surface area (Å²) in [6.45, 7) is -1.54. The Kier molecular flexibility index (Phi) is 4.57. The second-order valence-electron chi connectivity index (χ2n) is 5.08. The van der Waals surface area contributed by atoms with Crippen LogP contribution in [0.25, 0.3) is 0 Å². The maximum absolute atomic E-state index is 12.4. The number of benzene rings is 1. The number of rotatable bonds is 5. The first-order chi connectivity index (χ1) is 11.1. The van der Waals surface area contributed by atoms with Gasteiger partial charge in [-0.3, -0.25) is 25.0 Å². The highest BCUT2D eigenvalue weighted by molar-refractivity contribution is 5.87. The van der Waals surface area contributed by atoms with Gasteiger partial charge in [-0.05, 0) is 12.5 Å². The predicted molar refractivity (Wildman–Crippen MR) is 74.4 cm³/mol. The van der Waals surface area contributed by atoms with Gasteiger partial charge in [-0.15, -0.1) is 0 Å². The van der Waals surface area contributed by atoms with Gasteiger partial charge in [-0.2, -0.15) is 13.2 Å². The normalized spacial score (nSPS) is 17.9. The number of carbonyl (C=O) groups excluding carboxylic acids is 1. The lowest BCUT2D eigenvalue weighted by molar-refractivity contribution is -0.393. The fraction of sp³-hybridized carbons (Fsp3) is 0.417. The molecule has 0 saturated carbocycles. The Morgan fingerprint density at radius 3 is 2.46 bits per heavy atom. The van der Waals surface area contributed by atoms with Crippen LogP contribution in [0.5, 0.6) is 0 Å². The molecule has 2 rings (SSSR count). The Morgan fingerprint density at radius 2 is 1.92 bits per heavy atom. The highest BCUT2D eigenvalue weighted by Gasteiger charge is 2.39. The number of likely N-dealkylation sites (tertiary alicyclic amines) is 1. The maximum atomic E-state index is 12.4. The number of alkyl halides is 3. The van der Waals surface area contributed by atoms with Crippen molar-refractivity contribution in [2.24, 2.45) is 0 Å². The third-order valence-corrected chi connectivity index (χ3v) is 3.39. The number of hydrogen-bond donors (Lipinski definition) is 1. The van der Waals surface area contributed by atoms with E-state index in [0.29, 0.717) is 4.90 Å². The van der Waals surface area contributed by atoms with Crippen LogP contribution in [0.3, 0.4) is 0 Å². The van der Waals surface area contributed by atoms with Crippen molar-refractivity contribution in [1.29, 1.82) is 0 Å². The predicted octanol–water partition coefficient (Wildman–Crippen LogP) is 2.08. The lowest BCUT2D eigenvalue weighted by Gasteiger charge is -2.19. The SMILES string of the molecule is O=C1C(Nc2ccc([N+](=O)[O-])cc2[N+](=O)[O-])CCN1CC(F)(F)F. The highest BCUT2D eigenvalue weighted by Crippen LogP contribution is 2.31. The molecule has 0 aliphatic carbocycles. The van der Waals surface area contributed by atoms with Gasteiger partial charge in [0.2, 0.25) is 5.91 Å². The van der Waals surface area contributed by atoms with Crippen molar-refractivity contribution in [2.75, 3.05) is 18.4 Å². The standard InChI is InChI=1S/C12H11F3N4O5/c13-12(14,15)6-17-4-3-9(11(17)20)16-8-2-1-7(18(21)22)5-10(8)19(23)24/h1-2,5,9,16H,3-4,6H2. The molecule has 1 heterocycles. The van der Waals surface area contributed by atoms with E-state index in [2.05, 4.69) is 5.32 Å². The summed E-state index contributed by atoms with van der Waals surface area (Å²) < 4.78 is 37.1. The molecule has 9 nitrogen and oxygen atoms in total. The molecule has 1 aromatic rings. The second kappa shape index (κ2) is 6.29. The Labute approximate surface area is 132 Å². The molecule has 130 valence electrons. The first kappa shape index (κ1) is 17.4. The van der Waals surface area contributed by atoms with E-state index in [9.17, 15) is 38.2 Å². The van der Waals surface area contributed by atoms with Gasteiger partial charge in [0.25, 0.3) is 11.4 Å². The lowest BCUT2D eigenvalue weighted by atomic mass is 10.2. The number of anilines is 1. The molecular formula is C12H11F3N4O5. The van der Waals surface area contributed by atoms with E-state index in [1.807, 2.05) is 0 Å². The summed E-state index contributed by atoms with van der Waals surface area (Å²) in [5.74, 6) is -0.833. The zero-order valence-corrected chi connectivity index (χ0v) is 11.9. The zero-order valence-electron chi connectivity index (χ0n) is 11.9. The van der Waals surface area contributed by atoms with E-state index in [1.54, 1.807) is 0 Å². The van der Waals surface area contributed by atoms with Gasteiger partial charge < -0.3 is 10.2 Å². The van der Waals surface area contributed by atoms with Crippen molar-refractivity contribution in [1.82, 2.24) is 4.90 Å². The van der Waals surface area contributed by atoms with Crippen LogP contribution in [0.1, 0.15) is 6.42 Å². The first-order valence-electron chi connectivity index (χ1n) is 6.63. The Hall–Kier alpha value is -2.92. The van der Waals surface area contributed by atoms with E-state index in [0.717, 1.165) is 18.2 Å². The summed E-state index contributed by atoms with van der Waals surface area (Å²) in [6, 6.07) is 1.71. The molecule has 0 aromatic heterocycles. The molecule has 1 amide bonds. The second-order valence-corrected chi connectivity index (χ2v) is 5.08. The third kappa shape index (κ3) is 3.88. The average molecular weight is 348 g/mol. The number of nitrogens with one attached hydrogen (secondary N) is 1. The van der Waals surface area contributed by atoms with E-state index < -0.39 is 45.9 Å². The van der Waals surface area contributed by atoms with E-state index >= 15 is 0 Å². The number of nitro benzene ring substituents is 2. The van der Waals surface area contributed by atoms with Crippen LogP contribution in [0.4, 0.5) is 30.2 Å². The molecule has 1 aromatic carbocycles. The number of non-ortho nitro benzene ring substituents is 1. The van der Waals surface area contributed by atoms with Gasteiger partial charge in [0.1, 0.15) is 18.3 Å². The van der Waals surface area contributed by atoms with Crippen LogP contribution in [0.15, 0.2) is 18.2 Å². The van der Waals surface area contributed by atoms with Crippen molar-refractivity contribution < 1.29 is 27.8 Å². The van der Waals surface area contributed by atoms with Crippen LogP contribution >= 0.6 is 0 Å². The summed E-state index contributed by atoms with van der Waals surface area (Å²) in [7, 11) is 0. The minimum Gasteiger partial charge on any atom is -0.368 e. The number of hydrogen-bond acceptors (Lipinski definition) is 6. The fourth-order valence-corrected chi connectivity index (χ4v) is 2.34. The molecular weight excluding hydrogens is 337 g/mol. The van der Waals surface area contributed by atoms with Crippen molar-refractivity contribution in [2.45, 2.75) is 18.6 Å². The smallest absolute Gasteiger partial charge is 0.368 e. The van der Waals surface area contributed by atoms with Gasteiger partial charge in [0.05, 0.1) is 15.9 Å². The lowest BCUT2D eigenvalue weighted by Crippen LogP contribution is -2.39.